The molecule has 2 unspecified atom stereocenters. The van der Waals surface area contributed by atoms with E-state index in [0.717, 1.165) is 12.8 Å². The lowest BCUT2D eigenvalue weighted by Gasteiger charge is -2.29. The number of hydrogen-bond acceptors (Lipinski definition) is 3. The van der Waals surface area contributed by atoms with Gasteiger partial charge in [-0.05, 0) is 32.6 Å². The first-order valence-corrected chi connectivity index (χ1v) is 6.41. The second-order valence-electron chi connectivity index (χ2n) is 4.82. The summed E-state index contributed by atoms with van der Waals surface area (Å²) < 4.78 is 5.17. The van der Waals surface area contributed by atoms with Crippen LogP contribution in [0.25, 0.3) is 0 Å². The molecule has 0 aromatic heterocycles. The van der Waals surface area contributed by atoms with Crippen molar-refractivity contribution in [2.24, 2.45) is 0 Å². The van der Waals surface area contributed by atoms with Crippen LogP contribution < -0.4 is 10.6 Å². The van der Waals surface area contributed by atoms with E-state index in [-0.39, 0.29) is 5.91 Å². The largest absolute Gasteiger partial charge is 0.381 e. The molecular weight excluding hydrogens is 204 g/mol. The average Bonchev–Trinajstić information content (AvgIpc) is 2.58. The molecule has 2 heterocycles. The van der Waals surface area contributed by atoms with Gasteiger partial charge in [-0.15, -0.1) is 0 Å². The first-order valence-electron chi connectivity index (χ1n) is 6.41. The predicted molar refractivity (Wildman–Crippen MR) is 62.2 cm³/mol. The molecule has 0 saturated carbocycles. The maximum atomic E-state index is 11.6. The third-order valence-electron chi connectivity index (χ3n) is 3.52. The van der Waals surface area contributed by atoms with Crippen LogP contribution in [0.1, 0.15) is 39.0 Å². The second-order valence-corrected chi connectivity index (χ2v) is 4.82. The van der Waals surface area contributed by atoms with Crippen LogP contribution in [0.2, 0.25) is 0 Å². The summed E-state index contributed by atoms with van der Waals surface area (Å²) in [6, 6.07) is 1.65. The van der Waals surface area contributed by atoms with Gasteiger partial charge >= 0.3 is 0 Å². The summed E-state index contributed by atoms with van der Waals surface area (Å²) in [6.07, 6.45) is 5.23. The number of amides is 1. The van der Waals surface area contributed by atoms with E-state index in [1.165, 1.54) is 12.8 Å². The lowest BCUT2D eigenvalue weighted by atomic mass is 10.00. The molecule has 0 spiro atoms. The molecule has 0 aromatic carbocycles. The lowest BCUT2D eigenvalue weighted by molar-refractivity contribution is -0.123. The van der Waals surface area contributed by atoms with Crippen LogP contribution in [-0.2, 0) is 9.53 Å². The Kier molecular flexibility index (Phi) is 4.18. The van der Waals surface area contributed by atoms with Crippen molar-refractivity contribution in [2.75, 3.05) is 13.2 Å². The SMILES string of the molecule is CCOCCC(=O)NC1CC2CCC(C1)N2. The molecule has 2 aliphatic rings. The zero-order chi connectivity index (χ0) is 11.4. The quantitative estimate of drug-likeness (QED) is 0.682. The highest BCUT2D eigenvalue weighted by atomic mass is 16.5. The van der Waals surface area contributed by atoms with Crippen molar-refractivity contribution in [3.05, 3.63) is 0 Å². The van der Waals surface area contributed by atoms with Gasteiger partial charge in [0.05, 0.1) is 6.61 Å². The van der Waals surface area contributed by atoms with Crippen LogP contribution in [0.15, 0.2) is 0 Å². The number of ether oxygens (including phenoxy) is 1. The third-order valence-corrected chi connectivity index (χ3v) is 3.52. The summed E-state index contributed by atoms with van der Waals surface area (Å²) in [5.41, 5.74) is 0. The molecule has 0 aromatic rings. The molecule has 92 valence electrons. The highest BCUT2D eigenvalue weighted by molar-refractivity contribution is 5.76. The number of rotatable bonds is 5. The topological polar surface area (TPSA) is 50.4 Å². The van der Waals surface area contributed by atoms with Gasteiger partial charge in [-0.1, -0.05) is 0 Å². The van der Waals surface area contributed by atoms with E-state index >= 15 is 0 Å². The van der Waals surface area contributed by atoms with Crippen molar-refractivity contribution in [1.29, 1.82) is 0 Å². The number of piperidine rings is 1. The fourth-order valence-corrected chi connectivity index (χ4v) is 2.78. The molecule has 2 rings (SSSR count). The molecule has 2 aliphatic heterocycles. The number of fused-ring (bicyclic) bond motifs is 2. The molecule has 16 heavy (non-hydrogen) atoms. The first kappa shape index (κ1) is 11.9. The van der Waals surface area contributed by atoms with E-state index in [9.17, 15) is 4.79 Å². The smallest absolute Gasteiger partial charge is 0.222 e. The number of carbonyl (C=O) groups is 1. The Balaban J connectivity index is 1.67. The number of hydrogen-bond donors (Lipinski definition) is 2. The normalized spacial score (nSPS) is 32.7. The zero-order valence-electron chi connectivity index (χ0n) is 10.00. The Hall–Kier alpha value is -0.610. The lowest BCUT2D eigenvalue weighted by Crippen LogP contribution is -2.48. The monoisotopic (exact) mass is 226 g/mol. The average molecular weight is 226 g/mol. The van der Waals surface area contributed by atoms with Gasteiger partial charge in [0.1, 0.15) is 0 Å². The Bertz CT molecular complexity index is 233. The Morgan fingerprint density at radius 1 is 1.38 bits per heavy atom. The van der Waals surface area contributed by atoms with Crippen LogP contribution >= 0.6 is 0 Å². The maximum Gasteiger partial charge on any atom is 0.222 e. The second kappa shape index (κ2) is 5.64. The molecule has 2 fully saturated rings. The summed E-state index contributed by atoms with van der Waals surface area (Å²) >= 11 is 0. The van der Waals surface area contributed by atoms with Crippen LogP contribution in [0.4, 0.5) is 0 Å². The van der Waals surface area contributed by atoms with Crippen molar-refractivity contribution in [3.8, 4) is 0 Å². The van der Waals surface area contributed by atoms with Gasteiger partial charge in [0.2, 0.25) is 5.91 Å². The van der Waals surface area contributed by atoms with Crippen molar-refractivity contribution in [2.45, 2.75) is 57.2 Å². The van der Waals surface area contributed by atoms with Gasteiger partial charge in [-0.2, -0.15) is 0 Å². The molecule has 1 amide bonds. The predicted octanol–water partition coefficient (Wildman–Crippen LogP) is 0.812. The van der Waals surface area contributed by atoms with Crippen molar-refractivity contribution in [1.82, 2.24) is 10.6 Å². The Labute approximate surface area is 97.1 Å². The van der Waals surface area contributed by atoms with Crippen molar-refractivity contribution in [3.63, 3.8) is 0 Å². The fourth-order valence-electron chi connectivity index (χ4n) is 2.78. The summed E-state index contributed by atoms with van der Waals surface area (Å²) in [4.78, 5) is 11.6. The molecule has 2 bridgehead atoms. The molecule has 0 aliphatic carbocycles. The third kappa shape index (κ3) is 3.19. The van der Waals surface area contributed by atoms with E-state index in [1.807, 2.05) is 6.92 Å². The number of nitrogens with one attached hydrogen (secondary N) is 2. The first-order chi connectivity index (χ1) is 7.78. The minimum Gasteiger partial charge on any atom is -0.381 e. The molecule has 2 saturated heterocycles. The van der Waals surface area contributed by atoms with Crippen molar-refractivity contribution < 1.29 is 9.53 Å². The molecule has 2 N–H and O–H groups in total. The van der Waals surface area contributed by atoms with Gasteiger partial charge in [0.25, 0.3) is 0 Å². The maximum absolute atomic E-state index is 11.6. The molecule has 4 nitrogen and oxygen atoms in total. The molecule has 0 radical (unpaired) electrons. The summed E-state index contributed by atoms with van der Waals surface area (Å²) in [5.74, 6) is 0.139. The van der Waals surface area contributed by atoms with Gasteiger partial charge in [0, 0.05) is 31.2 Å². The van der Waals surface area contributed by atoms with Crippen LogP contribution in [0.3, 0.4) is 0 Å². The highest BCUT2D eigenvalue weighted by Gasteiger charge is 2.33. The van der Waals surface area contributed by atoms with E-state index in [1.54, 1.807) is 0 Å². The van der Waals surface area contributed by atoms with Gasteiger partial charge < -0.3 is 15.4 Å². The van der Waals surface area contributed by atoms with Gasteiger partial charge in [-0.25, -0.2) is 0 Å². The molecule has 2 atom stereocenters. The summed E-state index contributed by atoms with van der Waals surface area (Å²) in [6.45, 7) is 3.17. The van der Waals surface area contributed by atoms with E-state index in [2.05, 4.69) is 10.6 Å². The number of carbonyl (C=O) groups excluding carboxylic acids is 1. The van der Waals surface area contributed by atoms with Gasteiger partial charge in [-0.3, -0.25) is 4.79 Å². The Morgan fingerprint density at radius 3 is 2.69 bits per heavy atom. The van der Waals surface area contributed by atoms with Crippen molar-refractivity contribution >= 4 is 5.91 Å². The highest BCUT2D eigenvalue weighted by Crippen LogP contribution is 2.26. The summed E-state index contributed by atoms with van der Waals surface area (Å²) in [5, 5.41) is 6.69. The minimum atomic E-state index is 0.139. The van der Waals surface area contributed by atoms with Crippen LogP contribution in [0.5, 0.6) is 0 Å². The standard InChI is InChI=1S/C12H22N2O2/c1-2-16-6-5-12(15)14-11-7-9-3-4-10(8-11)13-9/h9-11,13H,2-8H2,1H3,(H,14,15). The Morgan fingerprint density at radius 2 is 2.06 bits per heavy atom. The van der Waals surface area contributed by atoms with Gasteiger partial charge in [0.15, 0.2) is 0 Å². The summed E-state index contributed by atoms with van der Waals surface area (Å²) in [7, 11) is 0. The van der Waals surface area contributed by atoms with E-state index < -0.39 is 0 Å². The molecular formula is C12H22N2O2. The fraction of sp³-hybridized carbons (Fsp3) is 0.917. The molecule has 4 heteroatoms. The van der Waals surface area contributed by atoms with Crippen LogP contribution in [0, 0.1) is 0 Å². The van der Waals surface area contributed by atoms with Crippen LogP contribution in [-0.4, -0.2) is 37.2 Å². The van der Waals surface area contributed by atoms with E-state index in [0.29, 0.717) is 37.8 Å². The van der Waals surface area contributed by atoms with E-state index in [4.69, 9.17) is 4.74 Å². The zero-order valence-corrected chi connectivity index (χ0v) is 10.00. The minimum absolute atomic E-state index is 0.139.